The summed E-state index contributed by atoms with van der Waals surface area (Å²) in [6.45, 7) is 5.22. The molecule has 0 aliphatic carbocycles. The fourth-order valence-corrected chi connectivity index (χ4v) is 7.37. The van der Waals surface area contributed by atoms with Gasteiger partial charge in [-0.1, -0.05) is 186 Å². The van der Waals surface area contributed by atoms with Crippen LogP contribution in [0, 0.1) is 0 Å². The van der Waals surface area contributed by atoms with Gasteiger partial charge >= 0.3 is 37.7 Å². The smallest absolute Gasteiger partial charge is 0.859 e. The van der Waals surface area contributed by atoms with Gasteiger partial charge in [-0.2, -0.15) is 8.42 Å². The summed E-state index contributed by atoms with van der Waals surface area (Å²) in [7, 11) is -8.04. The predicted molar refractivity (Wildman–Crippen MR) is 239 cm³/mol. The number of unbranched alkanes of at least 4 members (excludes halogenated alkanes) is 28. The molecule has 0 atom stereocenters. The van der Waals surface area contributed by atoms with Crippen molar-refractivity contribution in [3.8, 4) is 0 Å². The number of carbonyl (C=O) groups excluding carboxylic acids is 1. The fraction of sp³-hybridized carbons (Fsp3) is 0.864. The summed E-state index contributed by atoms with van der Waals surface area (Å²) in [6, 6.07) is 0. The molecule has 1 amide bonds. The van der Waals surface area contributed by atoms with Crippen LogP contribution in [0.25, 0.3) is 0 Å². The third kappa shape index (κ3) is 59.9. The molecule has 13 heteroatoms. The van der Waals surface area contributed by atoms with Crippen molar-refractivity contribution in [2.24, 2.45) is 4.99 Å². The van der Waals surface area contributed by atoms with Gasteiger partial charge in [0, 0.05) is 18.8 Å². The van der Waals surface area contributed by atoms with Gasteiger partial charge in [-0.05, 0) is 63.3 Å². The third-order valence-electron chi connectivity index (χ3n) is 9.68. The second kappa shape index (κ2) is 46.6. The Labute approximate surface area is 381 Å². The van der Waals surface area contributed by atoms with Crippen LogP contribution in [0.3, 0.4) is 0 Å². The van der Waals surface area contributed by atoms with Gasteiger partial charge in [0.15, 0.2) is 0 Å². The molecule has 10 nitrogen and oxygen atoms in total. The first-order chi connectivity index (χ1) is 26.9. The van der Waals surface area contributed by atoms with Crippen LogP contribution in [0.15, 0.2) is 29.3 Å². The van der Waals surface area contributed by atoms with E-state index in [1.165, 1.54) is 160 Å². The molecule has 0 saturated heterocycles. The molecule has 0 rings (SSSR count). The van der Waals surface area contributed by atoms with E-state index in [0.717, 1.165) is 25.7 Å². The first kappa shape index (κ1) is 60.8. The molecular weight excluding hydrogens is 789 g/mol. The van der Waals surface area contributed by atoms with Crippen molar-refractivity contribution < 1.29 is 35.8 Å². The van der Waals surface area contributed by atoms with Crippen LogP contribution in [0.1, 0.15) is 219 Å². The number of aliphatic imine (C=N–C) groups is 1. The summed E-state index contributed by atoms with van der Waals surface area (Å²) in [5.41, 5.74) is 0. The standard InChI is InChI=1S/2C22H43NO4S.Ca/c2*1-2-3-4-5-6-7-8-9-10-11-12-13-14-15-16-19-22(24)23-20-17-18-21-28(25,26)27;/h2*16,19H,2-15,17-18,20-21H2,1H3,(H,23,24)(H,25,26,27);/q;;+2/p-2/b2*19-16+;. The number of nitrogens with zero attached hydrogens (tertiary/aromatic N) is 1. The minimum atomic E-state index is -4.15. The van der Waals surface area contributed by atoms with Crippen molar-refractivity contribution in [2.75, 3.05) is 24.6 Å². The van der Waals surface area contributed by atoms with Crippen molar-refractivity contribution in [3.63, 3.8) is 0 Å². The molecule has 0 aromatic carbocycles. The number of carbonyl (C=O) groups is 1. The van der Waals surface area contributed by atoms with E-state index in [9.17, 15) is 31.3 Å². The van der Waals surface area contributed by atoms with Crippen molar-refractivity contribution in [1.82, 2.24) is 5.32 Å². The van der Waals surface area contributed by atoms with Gasteiger partial charge in [-0.15, -0.1) is 0 Å². The van der Waals surface area contributed by atoms with Crippen LogP contribution in [0.5, 0.6) is 0 Å². The third-order valence-corrected chi connectivity index (χ3v) is 11.3. The quantitative estimate of drug-likeness (QED) is 0.0153. The van der Waals surface area contributed by atoms with Gasteiger partial charge in [0.05, 0.1) is 15.9 Å². The summed E-state index contributed by atoms with van der Waals surface area (Å²) in [5.74, 6) is -1.05. The average molecular weight is 873 g/mol. The van der Waals surface area contributed by atoms with Gasteiger partial charge in [-0.25, -0.2) is 8.42 Å². The van der Waals surface area contributed by atoms with E-state index in [-0.39, 0.29) is 74.0 Å². The van der Waals surface area contributed by atoms with Crippen molar-refractivity contribution >= 4 is 69.8 Å². The maximum Gasteiger partial charge on any atom is 2.00 e. The number of rotatable bonds is 40. The molecule has 57 heavy (non-hydrogen) atoms. The van der Waals surface area contributed by atoms with E-state index in [0.29, 0.717) is 25.8 Å². The van der Waals surface area contributed by atoms with Gasteiger partial charge < -0.3 is 20.0 Å². The molecule has 0 bridgehead atoms. The summed E-state index contributed by atoms with van der Waals surface area (Å²) in [5, 5.41) is 14.2. The van der Waals surface area contributed by atoms with Crippen LogP contribution in [-0.4, -0.2) is 100 Å². The Bertz CT molecular complexity index is 1180. The zero-order chi connectivity index (χ0) is 41.9. The molecule has 2 N–H and O–H groups in total. The maximum atomic E-state index is 11.6. The summed E-state index contributed by atoms with van der Waals surface area (Å²) < 4.78 is 61.0. The largest absolute Gasteiger partial charge is 2.00 e. The molecule has 0 heterocycles. The molecule has 0 unspecified atom stereocenters. The maximum absolute atomic E-state index is 11.6. The SMILES string of the molecule is CCCCCCCCCCCCCCC/C=C/C(=O)NCCCCS(=O)(=O)O.CCCCCCCCCCCCCCC/C=C/C([O-])=NCCCCS(=O)(=O)[O-].[Ca+2]. The molecular formula is C44H84CaN2O8S2. The second-order valence-corrected chi connectivity index (χ2v) is 18.4. The number of hydrogen-bond acceptors (Lipinski definition) is 8. The molecule has 0 aromatic rings. The van der Waals surface area contributed by atoms with E-state index in [1.807, 2.05) is 12.2 Å². The van der Waals surface area contributed by atoms with Gasteiger partial charge in [-0.3, -0.25) is 9.35 Å². The monoisotopic (exact) mass is 873 g/mol. The Kier molecular flexibility index (Phi) is 49.7. The summed E-state index contributed by atoms with van der Waals surface area (Å²) in [4.78, 5) is 15.4. The van der Waals surface area contributed by atoms with E-state index in [1.54, 1.807) is 6.08 Å². The normalized spacial score (nSPS) is 12.2. The molecule has 0 radical (unpaired) electrons. The average Bonchev–Trinajstić information content (AvgIpc) is 3.14. The minimum absolute atomic E-state index is 0. The van der Waals surface area contributed by atoms with Crippen molar-refractivity contribution in [2.45, 2.75) is 219 Å². The second-order valence-electron chi connectivity index (χ2n) is 15.3. The van der Waals surface area contributed by atoms with E-state index in [2.05, 4.69) is 24.2 Å². The zero-order valence-electron chi connectivity index (χ0n) is 36.5. The van der Waals surface area contributed by atoms with Crippen molar-refractivity contribution in [1.29, 1.82) is 0 Å². The van der Waals surface area contributed by atoms with Crippen LogP contribution < -0.4 is 10.4 Å². The first-order valence-corrected chi connectivity index (χ1v) is 25.8. The van der Waals surface area contributed by atoms with Crippen LogP contribution in [0.2, 0.25) is 0 Å². The molecule has 0 aromatic heterocycles. The predicted octanol–water partition coefficient (Wildman–Crippen LogP) is 10.5. The van der Waals surface area contributed by atoms with Crippen LogP contribution in [0.4, 0.5) is 0 Å². The minimum Gasteiger partial charge on any atom is -0.859 e. The molecule has 0 saturated carbocycles. The molecule has 0 fully saturated rings. The molecule has 332 valence electrons. The van der Waals surface area contributed by atoms with Crippen LogP contribution >= 0.6 is 0 Å². The number of allylic oxidation sites excluding steroid dienone is 2. The zero-order valence-corrected chi connectivity index (χ0v) is 40.4. The van der Waals surface area contributed by atoms with E-state index in [4.69, 9.17) is 4.55 Å². The Morgan fingerprint density at radius 3 is 1.30 bits per heavy atom. The Hall–Kier alpha value is -0.500. The number of hydrogen-bond donors (Lipinski definition) is 2. The van der Waals surface area contributed by atoms with Gasteiger partial charge in [0.1, 0.15) is 0 Å². The van der Waals surface area contributed by atoms with Crippen molar-refractivity contribution in [3.05, 3.63) is 24.3 Å². The Morgan fingerprint density at radius 2 is 0.912 bits per heavy atom. The van der Waals surface area contributed by atoms with E-state index >= 15 is 0 Å². The topological polar surface area (TPSA) is 176 Å². The fourth-order valence-electron chi connectivity index (χ4n) is 6.25. The number of nitrogens with one attached hydrogen (secondary N) is 1. The Balaban J connectivity index is -0.00000101. The van der Waals surface area contributed by atoms with Gasteiger partial charge in [0.2, 0.25) is 5.91 Å². The van der Waals surface area contributed by atoms with E-state index < -0.39 is 20.2 Å². The van der Waals surface area contributed by atoms with Gasteiger partial charge in [0.25, 0.3) is 10.1 Å². The number of amides is 1. The molecule has 0 spiro atoms. The summed E-state index contributed by atoms with van der Waals surface area (Å²) >= 11 is 0. The van der Waals surface area contributed by atoms with Crippen LogP contribution in [-0.2, 0) is 25.0 Å². The molecule has 0 aliphatic rings. The first-order valence-electron chi connectivity index (χ1n) is 22.6. The summed E-state index contributed by atoms with van der Waals surface area (Å²) in [6.07, 6.45) is 44.9. The molecule has 0 aliphatic heterocycles. The Morgan fingerprint density at radius 1 is 0.544 bits per heavy atom.